The van der Waals surface area contributed by atoms with Gasteiger partial charge in [0.15, 0.2) is 5.65 Å². The molecule has 2 aromatic heterocycles. The minimum Gasteiger partial charge on any atom is -0.495 e. The van der Waals surface area contributed by atoms with Crippen molar-refractivity contribution in [2.45, 2.75) is 20.3 Å². The van der Waals surface area contributed by atoms with Gasteiger partial charge in [0.05, 0.1) is 23.5 Å². The van der Waals surface area contributed by atoms with E-state index in [2.05, 4.69) is 15.1 Å². The van der Waals surface area contributed by atoms with Crippen LogP contribution in [0.4, 0.5) is 0 Å². The van der Waals surface area contributed by atoms with Crippen molar-refractivity contribution in [3.8, 4) is 17.0 Å². The van der Waals surface area contributed by atoms with Crippen molar-refractivity contribution in [3.05, 3.63) is 50.9 Å². The second-order valence-electron chi connectivity index (χ2n) is 6.66. The Bertz CT molecular complexity index is 1180. The van der Waals surface area contributed by atoms with Crippen LogP contribution in [0, 0.1) is 0 Å². The molecule has 152 valence electrons. The third-order valence-electron chi connectivity index (χ3n) is 4.61. The molecule has 2 heterocycles. The summed E-state index contributed by atoms with van der Waals surface area (Å²) in [5.74, 6) is 0.581. The van der Waals surface area contributed by atoms with Crippen LogP contribution in [0.15, 0.2) is 34.1 Å². The predicted molar refractivity (Wildman–Crippen MR) is 113 cm³/mol. The number of hydrogen-bond acceptors (Lipinski definition) is 4. The normalized spacial score (nSPS) is 11.7. The number of benzene rings is 1. The van der Waals surface area contributed by atoms with Crippen LogP contribution in [-0.4, -0.2) is 52.4 Å². The SMILES string of the molecule is CCc1nn2c(=O)cc(-c3ccc(Cl)c(OC)c3)[nH]c2c1C(=O)/N=C(/C)N(C)C. The Hall–Kier alpha value is -3.13. The topological polar surface area (TPSA) is 92.1 Å². The lowest BCUT2D eigenvalue weighted by molar-refractivity contribution is 0.100. The van der Waals surface area contributed by atoms with E-state index < -0.39 is 5.91 Å². The van der Waals surface area contributed by atoms with Crippen molar-refractivity contribution < 1.29 is 9.53 Å². The molecule has 0 aliphatic heterocycles. The van der Waals surface area contributed by atoms with E-state index in [-0.39, 0.29) is 11.1 Å². The minimum atomic E-state index is -0.454. The first kappa shape index (κ1) is 20.6. The number of hydrogen-bond donors (Lipinski definition) is 1. The van der Waals surface area contributed by atoms with Gasteiger partial charge in [0.2, 0.25) is 0 Å². The van der Waals surface area contributed by atoms with Crippen LogP contribution in [0.3, 0.4) is 0 Å². The summed E-state index contributed by atoms with van der Waals surface area (Å²) in [5, 5.41) is 4.77. The van der Waals surface area contributed by atoms with Gasteiger partial charge in [-0.25, -0.2) is 0 Å². The molecule has 1 amide bonds. The van der Waals surface area contributed by atoms with Crippen LogP contribution in [0.25, 0.3) is 16.9 Å². The van der Waals surface area contributed by atoms with Crippen molar-refractivity contribution in [3.63, 3.8) is 0 Å². The van der Waals surface area contributed by atoms with Gasteiger partial charge in [-0.15, -0.1) is 0 Å². The van der Waals surface area contributed by atoms with E-state index in [1.807, 2.05) is 6.92 Å². The number of nitrogens with zero attached hydrogens (tertiary/aromatic N) is 4. The molecule has 9 heteroatoms. The molecule has 1 aromatic carbocycles. The molecule has 3 aromatic rings. The minimum absolute atomic E-state index is 0.286. The van der Waals surface area contributed by atoms with Crippen LogP contribution in [-0.2, 0) is 6.42 Å². The number of aryl methyl sites for hydroxylation is 1. The zero-order valence-corrected chi connectivity index (χ0v) is 17.7. The van der Waals surface area contributed by atoms with E-state index in [9.17, 15) is 9.59 Å². The highest BCUT2D eigenvalue weighted by Crippen LogP contribution is 2.29. The number of aliphatic imine (C=N–C) groups is 1. The first-order valence-electron chi connectivity index (χ1n) is 9.02. The summed E-state index contributed by atoms with van der Waals surface area (Å²) >= 11 is 6.10. The number of fused-ring (bicyclic) bond motifs is 1. The van der Waals surface area contributed by atoms with Gasteiger partial charge in [0.1, 0.15) is 17.1 Å². The molecule has 0 aliphatic rings. The third-order valence-corrected chi connectivity index (χ3v) is 4.92. The van der Waals surface area contributed by atoms with Gasteiger partial charge in [0, 0.05) is 25.7 Å². The average Bonchev–Trinajstić information content (AvgIpc) is 3.07. The highest BCUT2D eigenvalue weighted by molar-refractivity contribution is 6.32. The summed E-state index contributed by atoms with van der Waals surface area (Å²) in [6.45, 7) is 3.61. The molecular weight excluding hydrogens is 394 g/mol. The Labute approximate surface area is 172 Å². The summed E-state index contributed by atoms with van der Waals surface area (Å²) in [6.07, 6.45) is 0.483. The Morgan fingerprint density at radius 3 is 2.69 bits per heavy atom. The lowest BCUT2D eigenvalue weighted by Crippen LogP contribution is -2.20. The van der Waals surface area contributed by atoms with Gasteiger partial charge in [-0.2, -0.15) is 14.6 Å². The smallest absolute Gasteiger partial charge is 0.284 e. The van der Waals surface area contributed by atoms with Crippen molar-refractivity contribution >= 4 is 29.0 Å². The number of nitrogens with one attached hydrogen (secondary N) is 1. The maximum Gasteiger partial charge on any atom is 0.284 e. The zero-order valence-electron chi connectivity index (χ0n) is 16.9. The molecule has 0 bridgehead atoms. The Kier molecular flexibility index (Phi) is 5.74. The number of carbonyl (C=O) groups excluding carboxylic acids is 1. The maximum absolute atomic E-state index is 12.9. The van der Waals surface area contributed by atoms with Gasteiger partial charge in [0.25, 0.3) is 11.5 Å². The number of rotatable bonds is 4. The Morgan fingerprint density at radius 1 is 1.34 bits per heavy atom. The number of H-pyrrole nitrogens is 1. The lowest BCUT2D eigenvalue weighted by atomic mass is 10.1. The fraction of sp³-hybridized carbons (Fsp3) is 0.300. The predicted octanol–water partition coefficient (Wildman–Crippen LogP) is 3.03. The van der Waals surface area contributed by atoms with Gasteiger partial charge in [-0.3, -0.25) is 9.59 Å². The lowest BCUT2D eigenvalue weighted by Gasteiger charge is -2.10. The number of halogens is 1. The summed E-state index contributed by atoms with van der Waals surface area (Å²) in [4.78, 5) is 34.6. The second-order valence-corrected chi connectivity index (χ2v) is 7.07. The molecule has 8 nitrogen and oxygen atoms in total. The zero-order chi connectivity index (χ0) is 21.3. The molecule has 0 unspecified atom stereocenters. The number of carbonyl (C=O) groups is 1. The number of amides is 1. The molecule has 3 rings (SSSR count). The molecule has 0 saturated carbocycles. The maximum atomic E-state index is 12.9. The number of ether oxygens (including phenoxy) is 1. The summed E-state index contributed by atoms with van der Waals surface area (Å²) in [6, 6.07) is 6.59. The van der Waals surface area contributed by atoms with E-state index in [0.717, 1.165) is 0 Å². The number of methoxy groups -OCH3 is 1. The molecule has 0 aliphatic carbocycles. The number of amidine groups is 1. The van der Waals surface area contributed by atoms with E-state index in [4.69, 9.17) is 16.3 Å². The fourth-order valence-corrected chi connectivity index (χ4v) is 3.04. The van der Waals surface area contributed by atoms with E-state index >= 15 is 0 Å². The molecule has 0 radical (unpaired) electrons. The standard InChI is InChI=1S/C20H22ClN5O3/c1-6-14-18(20(28)22-11(2)25(3)4)19-23-15(10-17(27)26(19)24-14)12-7-8-13(21)16(9-12)29-5/h7-10,23H,6H2,1-5H3/b22-11-. The van der Waals surface area contributed by atoms with Gasteiger partial charge < -0.3 is 14.6 Å². The molecule has 29 heavy (non-hydrogen) atoms. The number of aromatic nitrogens is 3. The summed E-state index contributed by atoms with van der Waals surface area (Å²) in [7, 11) is 5.12. The van der Waals surface area contributed by atoms with Crippen molar-refractivity contribution in [1.82, 2.24) is 19.5 Å². The molecule has 1 N–H and O–H groups in total. The summed E-state index contributed by atoms with van der Waals surface area (Å²) in [5.41, 5.74) is 1.94. The molecule has 0 saturated heterocycles. The molecule has 0 spiro atoms. The largest absolute Gasteiger partial charge is 0.495 e. The van der Waals surface area contributed by atoms with Gasteiger partial charge in [-0.1, -0.05) is 24.6 Å². The molecule has 0 fully saturated rings. The van der Waals surface area contributed by atoms with E-state index in [1.165, 1.54) is 17.7 Å². The summed E-state index contributed by atoms with van der Waals surface area (Å²) < 4.78 is 6.45. The van der Waals surface area contributed by atoms with Crippen molar-refractivity contribution in [2.24, 2.45) is 4.99 Å². The Balaban J connectivity index is 2.24. The monoisotopic (exact) mass is 415 g/mol. The van der Waals surface area contributed by atoms with Crippen molar-refractivity contribution in [1.29, 1.82) is 0 Å². The second kappa shape index (κ2) is 8.08. The van der Waals surface area contributed by atoms with E-state index in [0.29, 0.717) is 45.6 Å². The average molecular weight is 416 g/mol. The van der Waals surface area contributed by atoms with Gasteiger partial charge >= 0.3 is 0 Å². The van der Waals surface area contributed by atoms with Crippen molar-refractivity contribution in [2.75, 3.05) is 21.2 Å². The van der Waals surface area contributed by atoms with Crippen LogP contribution in [0.1, 0.15) is 29.9 Å². The Morgan fingerprint density at radius 2 is 2.07 bits per heavy atom. The van der Waals surface area contributed by atoms with Gasteiger partial charge in [-0.05, 0) is 25.5 Å². The van der Waals surface area contributed by atoms with Crippen LogP contribution >= 0.6 is 11.6 Å². The van der Waals surface area contributed by atoms with E-state index in [1.54, 1.807) is 44.1 Å². The first-order chi connectivity index (χ1) is 13.8. The van der Waals surface area contributed by atoms with Crippen LogP contribution in [0.2, 0.25) is 5.02 Å². The first-order valence-corrected chi connectivity index (χ1v) is 9.40. The quantitative estimate of drug-likeness (QED) is 0.522. The highest BCUT2D eigenvalue weighted by Gasteiger charge is 2.21. The fourth-order valence-electron chi connectivity index (χ4n) is 2.84. The van der Waals surface area contributed by atoms with Crippen LogP contribution < -0.4 is 10.3 Å². The van der Waals surface area contributed by atoms with Crippen LogP contribution in [0.5, 0.6) is 5.75 Å². The number of aromatic amines is 1. The molecular formula is C20H22ClN5O3. The highest BCUT2D eigenvalue weighted by atomic mass is 35.5. The molecule has 0 atom stereocenters. The third kappa shape index (κ3) is 3.88.